The van der Waals surface area contributed by atoms with E-state index in [0.29, 0.717) is 5.92 Å². The second-order valence-electron chi connectivity index (χ2n) is 7.17. The second-order valence-corrected chi connectivity index (χ2v) is 7.17. The highest BCUT2D eigenvalue weighted by Crippen LogP contribution is 2.27. The maximum Gasteiger partial charge on any atom is 0.156 e. The Labute approximate surface area is 143 Å². The Balaban J connectivity index is 1.56. The van der Waals surface area contributed by atoms with Crippen LogP contribution in [0.1, 0.15) is 61.7 Å². The Hall–Kier alpha value is -1.75. The van der Waals surface area contributed by atoms with E-state index >= 15 is 0 Å². The molecule has 0 radical (unpaired) electrons. The molecule has 128 valence electrons. The number of rotatable bonds is 5. The van der Waals surface area contributed by atoms with Crippen molar-refractivity contribution in [3.63, 3.8) is 0 Å². The van der Waals surface area contributed by atoms with E-state index in [-0.39, 0.29) is 0 Å². The van der Waals surface area contributed by atoms with Gasteiger partial charge in [-0.25, -0.2) is 9.67 Å². The summed E-state index contributed by atoms with van der Waals surface area (Å²) in [6.07, 6.45) is 12.4. The molecular weight excluding hydrogens is 300 g/mol. The van der Waals surface area contributed by atoms with Crippen LogP contribution in [0.4, 0.5) is 0 Å². The summed E-state index contributed by atoms with van der Waals surface area (Å²) in [5.41, 5.74) is 1.25. The number of hydrogen-bond acceptors (Lipinski definition) is 4. The van der Waals surface area contributed by atoms with E-state index in [1.807, 2.05) is 12.4 Å². The molecule has 2 aromatic heterocycles. The van der Waals surface area contributed by atoms with Gasteiger partial charge in [-0.1, -0.05) is 19.3 Å². The Morgan fingerprint density at radius 2 is 1.92 bits per heavy atom. The average molecular weight is 326 g/mol. The van der Waals surface area contributed by atoms with Gasteiger partial charge in [0, 0.05) is 37.9 Å². The van der Waals surface area contributed by atoms with Gasteiger partial charge in [0.2, 0.25) is 0 Å². The maximum absolute atomic E-state index is 5.53. The summed E-state index contributed by atoms with van der Waals surface area (Å²) in [6, 6.07) is 4.13. The van der Waals surface area contributed by atoms with Crippen molar-refractivity contribution in [1.29, 1.82) is 0 Å². The van der Waals surface area contributed by atoms with Crippen molar-refractivity contribution in [1.82, 2.24) is 19.7 Å². The smallest absolute Gasteiger partial charge is 0.156 e. The molecule has 1 unspecified atom stereocenters. The first-order valence-corrected chi connectivity index (χ1v) is 9.29. The predicted molar refractivity (Wildman–Crippen MR) is 91.8 cm³/mol. The summed E-state index contributed by atoms with van der Waals surface area (Å²) in [6.45, 7) is 2.62. The molecular formula is C19H26N4O. The third-order valence-electron chi connectivity index (χ3n) is 5.33. The van der Waals surface area contributed by atoms with Crippen LogP contribution in [-0.4, -0.2) is 33.0 Å². The SMILES string of the molecule is c1cc(Cc2nc(C3CCOC3)nn2CC2CCCCC2)ccn1. The Morgan fingerprint density at radius 3 is 2.67 bits per heavy atom. The lowest BCUT2D eigenvalue weighted by Gasteiger charge is -2.21. The van der Waals surface area contributed by atoms with Crippen molar-refractivity contribution >= 4 is 0 Å². The third-order valence-corrected chi connectivity index (χ3v) is 5.33. The molecule has 5 nitrogen and oxygen atoms in total. The zero-order chi connectivity index (χ0) is 16.2. The molecule has 1 saturated carbocycles. The van der Waals surface area contributed by atoms with E-state index in [1.54, 1.807) is 0 Å². The van der Waals surface area contributed by atoms with Crippen molar-refractivity contribution in [2.75, 3.05) is 13.2 Å². The highest BCUT2D eigenvalue weighted by atomic mass is 16.5. The number of aromatic nitrogens is 4. The fourth-order valence-electron chi connectivity index (χ4n) is 3.88. The lowest BCUT2D eigenvalue weighted by Crippen LogP contribution is -2.17. The minimum absolute atomic E-state index is 0.369. The number of pyridine rings is 1. The molecule has 3 heterocycles. The van der Waals surface area contributed by atoms with Crippen LogP contribution < -0.4 is 0 Å². The lowest BCUT2D eigenvalue weighted by atomic mass is 9.89. The first-order valence-electron chi connectivity index (χ1n) is 9.29. The van der Waals surface area contributed by atoms with E-state index < -0.39 is 0 Å². The summed E-state index contributed by atoms with van der Waals surface area (Å²) in [7, 11) is 0. The van der Waals surface area contributed by atoms with Crippen molar-refractivity contribution in [2.45, 2.75) is 57.4 Å². The molecule has 2 aromatic rings. The minimum atomic E-state index is 0.369. The van der Waals surface area contributed by atoms with Gasteiger partial charge >= 0.3 is 0 Å². The topological polar surface area (TPSA) is 52.8 Å². The van der Waals surface area contributed by atoms with E-state index in [9.17, 15) is 0 Å². The van der Waals surface area contributed by atoms with Crippen LogP contribution in [-0.2, 0) is 17.7 Å². The normalized spacial score (nSPS) is 22.1. The van der Waals surface area contributed by atoms with Crippen molar-refractivity contribution < 1.29 is 4.74 Å². The number of nitrogens with zero attached hydrogens (tertiary/aromatic N) is 4. The molecule has 0 bridgehead atoms. The Kier molecular flexibility index (Phi) is 4.88. The molecule has 0 N–H and O–H groups in total. The van der Waals surface area contributed by atoms with Gasteiger partial charge < -0.3 is 4.74 Å². The number of ether oxygens (including phenoxy) is 1. The van der Waals surface area contributed by atoms with Crippen LogP contribution in [0.3, 0.4) is 0 Å². The maximum atomic E-state index is 5.53. The fraction of sp³-hybridized carbons (Fsp3) is 0.632. The first kappa shape index (κ1) is 15.8. The van der Waals surface area contributed by atoms with Crippen LogP contribution in [0.25, 0.3) is 0 Å². The molecule has 2 fully saturated rings. The van der Waals surface area contributed by atoms with Gasteiger partial charge in [0.25, 0.3) is 0 Å². The van der Waals surface area contributed by atoms with Gasteiger partial charge in [0.15, 0.2) is 5.82 Å². The van der Waals surface area contributed by atoms with E-state index in [1.165, 1.54) is 37.7 Å². The summed E-state index contributed by atoms with van der Waals surface area (Å²) in [4.78, 5) is 9.02. The number of hydrogen-bond donors (Lipinski definition) is 0. The quantitative estimate of drug-likeness (QED) is 0.845. The molecule has 1 saturated heterocycles. The van der Waals surface area contributed by atoms with Gasteiger partial charge in [-0.05, 0) is 42.9 Å². The van der Waals surface area contributed by atoms with E-state index in [2.05, 4.69) is 21.8 Å². The highest BCUT2D eigenvalue weighted by molar-refractivity contribution is 5.16. The molecule has 2 aliphatic rings. The van der Waals surface area contributed by atoms with Crippen LogP contribution in [0.5, 0.6) is 0 Å². The minimum Gasteiger partial charge on any atom is -0.381 e. The summed E-state index contributed by atoms with van der Waals surface area (Å²) >= 11 is 0. The fourth-order valence-corrected chi connectivity index (χ4v) is 3.88. The molecule has 1 aliphatic carbocycles. The average Bonchev–Trinajstić information content (AvgIpc) is 3.27. The molecule has 4 rings (SSSR count). The van der Waals surface area contributed by atoms with Crippen LogP contribution in [0.2, 0.25) is 0 Å². The summed E-state index contributed by atoms with van der Waals surface area (Å²) < 4.78 is 7.72. The Morgan fingerprint density at radius 1 is 1.08 bits per heavy atom. The monoisotopic (exact) mass is 326 g/mol. The molecule has 1 aliphatic heterocycles. The molecule has 0 spiro atoms. The molecule has 5 heteroatoms. The molecule has 1 atom stereocenters. The van der Waals surface area contributed by atoms with Crippen LogP contribution in [0, 0.1) is 5.92 Å². The highest BCUT2D eigenvalue weighted by Gasteiger charge is 2.25. The molecule has 0 amide bonds. The first-order chi connectivity index (χ1) is 11.9. The second kappa shape index (κ2) is 7.43. The van der Waals surface area contributed by atoms with Crippen LogP contribution in [0.15, 0.2) is 24.5 Å². The largest absolute Gasteiger partial charge is 0.381 e. The van der Waals surface area contributed by atoms with E-state index in [4.69, 9.17) is 14.8 Å². The van der Waals surface area contributed by atoms with Crippen molar-refractivity contribution in [3.8, 4) is 0 Å². The summed E-state index contributed by atoms with van der Waals surface area (Å²) in [5, 5.41) is 4.89. The zero-order valence-corrected chi connectivity index (χ0v) is 14.2. The zero-order valence-electron chi connectivity index (χ0n) is 14.2. The standard InChI is InChI=1S/C19H26N4O/c1-2-4-16(5-3-1)13-23-18(12-15-6-9-20-10-7-15)21-19(22-23)17-8-11-24-14-17/h6-7,9-10,16-17H,1-5,8,11-14H2. The van der Waals surface area contributed by atoms with Gasteiger partial charge in [0.1, 0.15) is 5.82 Å². The third kappa shape index (κ3) is 3.66. The Bertz CT molecular complexity index is 643. The lowest BCUT2D eigenvalue weighted by molar-refractivity contribution is 0.193. The van der Waals surface area contributed by atoms with Gasteiger partial charge in [-0.3, -0.25) is 4.98 Å². The summed E-state index contributed by atoms with van der Waals surface area (Å²) in [5.74, 6) is 3.19. The van der Waals surface area contributed by atoms with Gasteiger partial charge in [-0.2, -0.15) is 5.10 Å². The van der Waals surface area contributed by atoms with Gasteiger partial charge in [0.05, 0.1) is 6.61 Å². The van der Waals surface area contributed by atoms with Crippen LogP contribution >= 0.6 is 0 Å². The molecule has 0 aromatic carbocycles. The van der Waals surface area contributed by atoms with E-state index in [0.717, 1.165) is 50.2 Å². The van der Waals surface area contributed by atoms with Crippen molar-refractivity contribution in [3.05, 3.63) is 41.7 Å². The van der Waals surface area contributed by atoms with Crippen molar-refractivity contribution in [2.24, 2.45) is 5.92 Å². The molecule has 24 heavy (non-hydrogen) atoms. The van der Waals surface area contributed by atoms with Gasteiger partial charge in [-0.15, -0.1) is 0 Å². The predicted octanol–water partition coefficient (Wildman–Crippen LogP) is 3.35.